The summed E-state index contributed by atoms with van der Waals surface area (Å²) in [5.74, 6) is -0.150. The molecule has 5 nitrogen and oxygen atoms in total. The summed E-state index contributed by atoms with van der Waals surface area (Å²) in [6, 6.07) is 6.96. The molecule has 0 bridgehead atoms. The van der Waals surface area contributed by atoms with E-state index in [-0.39, 0.29) is 30.3 Å². The maximum atomic E-state index is 11.8. The fourth-order valence-electron chi connectivity index (χ4n) is 1.93. The van der Waals surface area contributed by atoms with E-state index in [1.54, 1.807) is 24.3 Å². The van der Waals surface area contributed by atoms with Crippen LogP contribution in [0.25, 0.3) is 0 Å². The summed E-state index contributed by atoms with van der Waals surface area (Å²) in [6.07, 6.45) is 1.01. The first kappa shape index (κ1) is 21.7. The third kappa shape index (κ3) is 9.43. The number of likely N-dealkylation sites (N-methyl/N-ethyl adjacent to an activating group) is 1. The molecule has 0 aromatic heterocycles. The Bertz CT molecular complexity index is 481. The molecule has 0 aliphatic heterocycles. The smallest absolute Gasteiger partial charge is 0.251 e. The SMILES string of the molecule is CCN[C@H](C)CNC(=O)CCCNC(=O)c1ccc(Cl)cc1.Cl. The van der Waals surface area contributed by atoms with Crippen LogP contribution in [0.2, 0.25) is 5.02 Å². The zero-order valence-corrected chi connectivity index (χ0v) is 15.1. The summed E-state index contributed by atoms with van der Waals surface area (Å²) in [5, 5.41) is 9.47. The first-order chi connectivity index (χ1) is 10.5. The van der Waals surface area contributed by atoms with Gasteiger partial charge in [-0.05, 0) is 44.2 Å². The molecule has 0 unspecified atom stereocenters. The van der Waals surface area contributed by atoms with Gasteiger partial charge >= 0.3 is 0 Å². The first-order valence-electron chi connectivity index (χ1n) is 7.56. The first-order valence-corrected chi connectivity index (χ1v) is 7.94. The van der Waals surface area contributed by atoms with Gasteiger partial charge in [-0.1, -0.05) is 18.5 Å². The Morgan fingerprint density at radius 2 is 1.83 bits per heavy atom. The maximum absolute atomic E-state index is 11.8. The number of carbonyl (C=O) groups is 2. The van der Waals surface area contributed by atoms with Crippen molar-refractivity contribution in [3.63, 3.8) is 0 Å². The van der Waals surface area contributed by atoms with Crippen LogP contribution < -0.4 is 16.0 Å². The molecule has 7 heteroatoms. The molecule has 0 fully saturated rings. The normalized spacial score (nSPS) is 11.3. The molecule has 3 N–H and O–H groups in total. The molecule has 2 amide bonds. The predicted molar refractivity (Wildman–Crippen MR) is 96.4 cm³/mol. The molecule has 0 saturated carbocycles. The van der Waals surface area contributed by atoms with Crippen molar-refractivity contribution in [3.8, 4) is 0 Å². The van der Waals surface area contributed by atoms with E-state index in [4.69, 9.17) is 11.6 Å². The third-order valence-corrected chi connectivity index (χ3v) is 3.38. The highest BCUT2D eigenvalue weighted by atomic mass is 35.5. The maximum Gasteiger partial charge on any atom is 0.251 e. The van der Waals surface area contributed by atoms with Crippen LogP contribution in [-0.2, 0) is 4.79 Å². The quantitative estimate of drug-likeness (QED) is 0.591. The topological polar surface area (TPSA) is 70.2 Å². The monoisotopic (exact) mass is 361 g/mol. The van der Waals surface area contributed by atoms with E-state index in [0.717, 1.165) is 6.54 Å². The fraction of sp³-hybridized carbons (Fsp3) is 0.500. The van der Waals surface area contributed by atoms with Crippen LogP contribution in [0.15, 0.2) is 24.3 Å². The van der Waals surface area contributed by atoms with Crippen LogP contribution in [0, 0.1) is 0 Å². The van der Waals surface area contributed by atoms with Gasteiger partial charge in [-0.25, -0.2) is 0 Å². The van der Waals surface area contributed by atoms with Crippen LogP contribution >= 0.6 is 24.0 Å². The molecule has 0 spiro atoms. The van der Waals surface area contributed by atoms with Crippen molar-refractivity contribution in [2.24, 2.45) is 0 Å². The number of amides is 2. The lowest BCUT2D eigenvalue weighted by atomic mass is 10.2. The Hall–Kier alpha value is -1.30. The highest BCUT2D eigenvalue weighted by Gasteiger charge is 2.06. The van der Waals surface area contributed by atoms with Gasteiger partial charge < -0.3 is 16.0 Å². The van der Waals surface area contributed by atoms with E-state index in [1.165, 1.54) is 0 Å². The van der Waals surface area contributed by atoms with Gasteiger partial charge in [0.2, 0.25) is 5.91 Å². The van der Waals surface area contributed by atoms with Crippen molar-refractivity contribution in [2.45, 2.75) is 32.7 Å². The van der Waals surface area contributed by atoms with E-state index >= 15 is 0 Å². The minimum atomic E-state index is -0.155. The van der Waals surface area contributed by atoms with Crippen LogP contribution in [0.5, 0.6) is 0 Å². The molecule has 0 aliphatic rings. The summed E-state index contributed by atoms with van der Waals surface area (Å²) in [4.78, 5) is 23.5. The minimum Gasteiger partial charge on any atom is -0.355 e. The highest BCUT2D eigenvalue weighted by Crippen LogP contribution is 2.09. The van der Waals surface area contributed by atoms with Crippen molar-refractivity contribution in [1.29, 1.82) is 0 Å². The number of benzene rings is 1. The van der Waals surface area contributed by atoms with E-state index < -0.39 is 0 Å². The van der Waals surface area contributed by atoms with Gasteiger partial charge in [0.05, 0.1) is 0 Å². The molecule has 23 heavy (non-hydrogen) atoms. The highest BCUT2D eigenvalue weighted by molar-refractivity contribution is 6.30. The second-order valence-electron chi connectivity index (χ2n) is 5.13. The van der Waals surface area contributed by atoms with Crippen molar-refractivity contribution in [2.75, 3.05) is 19.6 Å². The van der Waals surface area contributed by atoms with E-state index in [9.17, 15) is 9.59 Å². The lowest BCUT2D eigenvalue weighted by molar-refractivity contribution is -0.121. The van der Waals surface area contributed by atoms with Gasteiger partial charge in [-0.2, -0.15) is 0 Å². The molecule has 130 valence electrons. The van der Waals surface area contributed by atoms with Crippen LogP contribution in [0.3, 0.4) is 0 Å². The average Bonchev–Trinajstić information content (AvgIpc) is 2.50. The van der Waals surface area contributed by atoms with E-state index in [0.29, 0.717) is 36.5 Å². The Morgan fingerprint density at radius 1 is 1.17 bits per heavy atom. The third-order valence-electron chi connectivity index (χ3n) is 3.13. The lowest BCUT2D eigenvalue weighted by Gasteiger charge is -2.13. The summed E-state index contributed by atoms with van der Waals surface area (Å²) < 4.78 is 0. The molecule has 1 rings (SSSR count). The largest absolute Gasteiger partial charge is 0.355 e. The van der Waals surface area contributed by atoms with Gasteiger partial charge in [0, 0.05) is 36.1 Å². The number of hydrogen-bond donors (Lipinski definition) is 3. The Labute approximate surface area is 149 Å². The van der Waals surface area contributed by atoms with Crippen molar-refractivity contribution in [3.05, 3.63) is 34.9 Å². The van der Waals surface area contributed by atoms with Crippen LogP contribution in [0.1, 0.15) is 37.0 Å². The lowest BCUT2D eigenvalue weighted by Crippen LogP contribution is -2.39. The summed E-state index contributed by atoms with van der Waals surface area (Å²) in [7, 11) is 0. The second kappa shape index (κ2) is 12.2. The van der Waals surface area contributed by atoms with Crippen LogP contribution in [0.4, 0.5) is 0 Å². The summed E-state index contributed by atoms with van der Waals surface area (Å²) in [6.45, 7) is 6.02. The van der Waals surface area contributed by atoms with E-state index in [1.807, 2.05) is 13.8 Å². The van der Waals surface area contributed by atoms with Gasteiger partial charge in [0.25, 0.3) is 5.91 Å². The standard InChI is InChI=1S/C16H24ClN3O2.ClH/c1-3-18-12(2)11-20-15(21)5-4-10-19-16(22)13-6-8-14(17)9-7-13;/h6-9,12,18H,3-5,10-11H2,1-2H3,(H,19,22)(H,20,21);1H/t12-;/m1./s1. The molecule has 0 radical (unpaired) electrons. The number of carbonyl (C=O) groups excluding carboxylic acids is 2. The Balaban J connectivity index is 0.00000484. The predicted octanol–water partition coefficient (Wildman–Crippen LogP) is 2.39. The van der Waals surface area contributed by atoms with Crippen molar-refractivity contribution >= 4 is 35.8 Å². The van der Waals surface area contributed by atoms with Gasteiger partial charge in [0.1, 0.15) is 0 Å². The number of rotatable bonds is 9. The van der Waals surface area contributed by atoms with Gasteiger partial charge in [-0.15, -0.1) is 12.4 Å². The van der Waals surface area contributed by atoms with Crippen LogP contribution in [-0.4, -0.2) is 37.5 Å². The zero-order chi connectivity index (χ0) is 16.4. The van der Waals surface area contributed by atoms with Crippen molar-refractivity contribution in [1.82, 2.24) is 16.0 Å². The minimum absolute atomic E-state index is 0. The molecule has 1 aromatic rings. The Morgan fingerprint density at radius 3 is 2.43 bits per heavy atom. The van der Waals surface area contributed by atoms with Crippen molar-refractivity contribution < 1.29 is 9.59 Å². The summed E-state index contributed by atoms with van der Waals surface area (Å²) in [5.41, 5.74) is 0.563. The van der Waals surface area contributed by atoms with E-state index in [2.05, 4.69) is 16.0 Å². The summed E-state index contributed by atoms with van der Waals surface area (Å²) >= 11 is 5.77. The number of hydrogen-bond acceptors (Lipinski definition) is 3. The van der Waals surface area contributed by atoms with Gasteiger partial charge in [0.15, 0.2) is 0 Å². The molecule has 0 heterocycles. The number of nitrogens with one attached hydrogen (secondary N) is 3. The molecular formula is C16H25Cl2N3O2. The number of halogens is 2. The van der Waals surface area contributed by atoms with Gasteiger partial charge in [-0.3, -0.25) is 9.59 Å². The molecule has 1 atom stereocenters. The second-order valence-corrected chi connectivity index (χ2v) is 5.57. The molecular weight excluding hydrogens is 337 g/mol. The average molecular weight is 362 g/mol. The Kier molecular flexibility index (Phi) is 11.5. The molecule has 1 aromatic carbocycles. The molecule has 0 aliphatic carbocycles. The zero-order valence-electron chi connectivity index (χ0n) is 13.5. The fourth-order valence-corrected chi connectivity index (χ4v) is 2.06. The molecule has 0 saturated heterocycles.